The summed E-state index contributed by atoms with van der Waals surface area (Å²) >= 11 is 0. The third-order valence-corrected chi connectivity index (χ3v) is 3.39. The van der Waals surface area contributed by atoms with Crippen molar-refractivity contribution in [3.63, 3.8) is 0 Å². The van der Waals surface area contributed by atoms with E-state index in [0.29, 0.717) is 23.7 Å². The Morgan fingerprint density at radius 3 is 2.86 bits per heavy atom. The van der Waals surface area contributed by atoms with Crippen LogP contribution in [0.15, 0.2) is 24.3 Å². The SMILES string of the molecule is COc1ccc(C=CC(=O)O)c(OCCN2CCOCC2)c1. The van der Waals surface area contributed by atoms with Gasteiger partial charge in [0.2, 0.25) is 0 Å². The van der Waals surface area contributed by atoms with Crippen LogP contribution < -0.4 is 9.47 Å². The van der Waals surface area contributed by atoms with Crippen molar-refractivity contribution in [2.24, 2.45) is 0 Å². The van der Waals surface area contributed by atoms with Crippen molar-refractivity contribution in [3.05, 3.63) is 29.8 Å². The number of ether oxygens (including phenoxy) is 3. The summed E-state index contributed by atoms with van der Waals surface area (Å²) in [6.07, 6.45) is 2.61. The number of benzene rings is 1. The van der Waals surface area contributed by atoms with E-state index < -0.39 is 5.97 Å². The van der Waals surface area contributed by atoms with E-state index >= 15 is 0 Å². The Labute approximate surface area is 129 Å². The molecule has 120 valence electrons. The number of methoxy groups -OCH3 is 1. The van der Waals surface area contributed by atoms with Crippen LogP contribution in [-0.4, -0.2) is 62.5 Å². The predicted molar refractivity (Wildman–Crippen MR) is 82.4 cm³/mol. The third-order valence-electron chi connectivity index (χ3n) is 3.39. The van der Waals surface area contributed by atoms with Gasteiger partial charge in [-0.2, -0.15) is 0 Å². The van der Waals surface area contributed by atoms with E-state index in [1.807, 2.05) is 0 Å². The quantitative estimate of drug-likeness (QED) is 0.770. The second-order valence-corrected chi connectivity index (χ2v) is 4.88. The molecule has 1 fully saturated rings. The summed E-state index contributed by atoms with van der Waals surface area (Å²) in [5, 5.41) is 8.74. The van der Waals surface area contributed by atoms with Crippen LogP contribution in [0.25, 0.3) is 6.08 Å². The molecule has 1 aromatic rings. The number of carboxylic acids is 1. The summed E-state index contributed by atoms with van der Waals surface area (Å²) in [7, 11) is 1.58. The van der Waals surface area contributed by atoms with Gasteiger partial charge in [-0.3, -0.25) is 4.90 Å². The van der Waals surface area contributed by atoms with Crippen LogP contribution in [-0.2, 0) is 9.53 Å². The second kappa shape index (κ2) is 8.41. The Morgan fingerprint density at radius 2 is 2.18 bits per heavy atom. The van der Waals surface area contributed by atoms with Crippen LogP contribution in [0.1, 0.15) is 5.56 Å². The molecule has 0 unspecified atom stereocenters. The van der Waals surface area contributed by atoms with Gasteiger partial charge in [-0.15, -0.1) is 0 Å². The zero-order valence-electron chi connectivity index (χ0n) is 12.7. The van der Waals surface area contributed by atoms with Crippen molar-refractivity contribution in [2.75, 3.05) is 46.6 Å². The number of carbonyl (C=O) groups is 1. The summed E-state index contributed by atoms with van der Waals surface area (Å²) in [5.74, 6) is 0.300. The van der Waals surface area contributed by atoms with Crippen molar-refractivity contribution in [2.45, 2.75) is 0 Å². The summed E-state index contributed by atoms with van der Waals surface area (Å²) in [5.41, 5.74) is 0.713. The van der Waals surface area contributed by atoms with Crippen molar-refractivity contribution in [1.82, 2.24) is 4.90 Å². The highest BCUT2D eigenvalue weighted by Crippen LogP contribution is 2.26. The van der Waals surface area contributed by atoms with E-state index in [-0.39, 0.29) is 0 Å². The van der Waals surface area contributed by atoms with E-state index in [0.717, 1.165) is 38.9 Å². The predicted octanol–water partition coefficient (Wildman–Crippen LogP) is 1.50. The molecule has 1 aliphatic heterocycles. The minimum atomic E-state index is -0.991. The van der Waals surface area contributed by atoms with E-state index in [2.05, 4.69) is 4.90 Å². The van der Waals surface area contributed by atoms with Crippen molar-refractivity contribution in [3.8, 4) is 11.5 Å². The summed E-state index contributed by atoms with van der Waals surface area (Å²) in [6, 6.07) is 5.32. The molecule has 0 radical (unpaired) electrons. The largest absolute Gasteiger partial charge is 0.497 e. The molecule has 0 bridgehead atoms. The number of hydrogen-bond donors (Lipinski definition) is 1. The first kappa shape index (κ1) is 16.3. The molecule has 1 N–H and O–H groups in total. The van der Waals surface area contributed by atoms with Crippen LogP contribution in [0.2, 0.25) is 0 Å². The van der Waals surface area contributed by atoms with Gasteiger partial charge >= 0.3 is 5.97 Å². The lowest BCUT2D eigenvalue weighted by Crippen LogP contribution is -2.38. The Bertz CT molecular complexity index is 523. The molecule has 1 aliphatic rings. The lowest BCUT2D eigenvalue weighted by Gasteiger charge is -2.26. The van der Waals surface area contributed by atoms with E-state index in [1.54, 1.807) is 25.3 Å². The third kappa shape index (κ3) is 5.05. The van der Waals surface area contributed by atoms with Gasteiger partial charge in [0.1, 0.15) is 18.1 Å². The summed E-state index contributed by atoms with van der Waals surface area (Å²) in [6.45, 7) is 4.67. The summed E-state index contributed by atoms with van der Waals surface area (Å²) < 4.78 is 16.3. The van der Waals surface area contributed by atoms with Gasteiger partial charge in [-0.1, -0.05) is 0 Å². The fourth-order valence-corrected chi connectivity index (χ4v) is 2.17. The number of hydrogen-bond acceptors (Lipinski definition) is 5. The van der Waals surface area contributed by atoms with E-state index in [9.17, 15) is 4.79 Å². The maximum atomic E-state index is 10.7. The Balaban J connectivity index is 1.98. The topological polar surface area (TPSA) is 68.2 Å². The fraction of sp³-hybridized carbons (Fsp3) is 0.438. The number of morpholine rings is 1. The number of rotatable bonds is 7. The van der Waals surface area contributed by atoms with Crippen LogP contribution in [0, 0.1) is 0 Å². The lowest BCUT2D eigenvalue weighted by atomic mass is 10.1. The Hall–Kier alpha value is -2.05. The molecular weight excluding hydrogens is 286 g/mol. The highest BCUT2D eigenvalue weighted by atomic mass is 16.5. The Kier molecular flexibility index (Phi) is 6.24. The minimum absolute atomic E-state index is 0.529. The lowest BCUT2D eigenvalue weighted by molar-refractivity contribution is -0.131. The first-order chi connectivity index (χ1) is 10.7. The molecule has 0 amide bonds. The maximum Gasteiger partial charge on any atom is 0.328 e. The van der Waals surface area contributed by atoms with Crippen LogP contribution in [0.4, 0.5) is 0 Å². The van der Waals surface area contributed by atoms with Crippen LogP contribution in [0.3, 0.4) is 0 Å². The first-order valence-electron chi connectivity index (χ1n) is 7.21. The van der Waals surface area contributed by atoms with Gasteiger partial charge in [-0.05, 0) is 18.2 Å². The van der Waals surface area contributed by atoms with Crippen LogP contribution in [0.5, 0.6) is 11.5 Å². The average Bonchev–Trinajstić information content (AvgIpc) is 2.54. The molecular formula is C16H21NO5. The van der Waals surface area contributed by atoms with Crippen molar-refractivity contribution < 1.29 is 24.1 Å². The van der Waals surface area contributed by atoms with Gasteiger partial charge in [0.25, 0.3) is 0 Å². The highest BCUT2D eigenvalue weighted by molar-refractivity contribution is 5.86. The molecule has 0 aromatic heterocycles. The van der Waals surface area contributed by atoms with Gasteiger partial charge in [-0.25, -0.2) is 4.79 Å². The minimum Gasteiger partial charge on any atom is -0.497 e. The number of carboxylic acid groups (broad SMARTS) is 1. The normalized spacial score (nSPS) is 15.9. The number of aliphatic carboxylic acids is 1. The van der Waals surface area contributed by atoms with Gasteiger partial charge in [0, 0.05) is 37.3 Å². The highest BCUT2D eigenvalue weighted by Gasteiger charge is 2.10. The second-order valence-electron chi connectivity index (χ2n) is 4.88. The molecule has 6 heteroatoms. The molecule has 2 rings (SSSR count). The standard InChI is InChI=1S/C16H21NO5/c1-20-14-4-2-13(3-5-16(18)19)15(12-14)22-11-8-17-6-9-21-10-7-17/h2-5,12H,6-11H2,1H3,(H,18,19). The fourth-order valence-electron chi connectivity index (χ4n) is 2.17. The van der Waals surface area contributed by atoms with Gasteiger partial charge < -0.3 is 19.3 Å². The van der Waals surface area contributed by atoms with Gasteiger partial charge in [0.15, 0.2) is 0 Å². The zero-order chi connectivity index (χ0) is 15.8. The maximum absolute atomic E-state index is 10.7. The summed E-state index contributed by atoms with van der Waals surface area (Å²) in [4.78, 5) is 12.9. The molecule has 1 saturated heterocycles. The smallest absolute Gasteiger partial charge is 0.328 e. The molecule has 22 heavy (non-hydrogen) atoms. The molecule has 0 spiro atoms. The van der Waals surface area contributed by atoms with E-state index in [1.165, 1.54) is 6.08 Å². The van der Waals surface area contributed by atoms with Crippen LogP contribution >= 0.6 is 0 Å². The first-order valence-corrected chi connectivity index (χ1v) is 7.21. The Morgan fingerprint density at radius 1 is 1.41 bits per heavy atom. The van der Waals surface area contributed by atoms with Crippen molar-refractivity contribution >= 4 is 12.0 Å². The number of nitrogens with zero attached hydrogens (tertiary/aromatic N) is 1. The van der Waals surface area contributed by atoms with Gasteiger partial charge in [0.05, 0.1) is 20.3 Å². The average molecular weight is 307 g/mol. The van der Waals surface area contributed by atoms with Crippen molar-refractivity contribution in [1.29, 1.82) is 0 Å². The molecule has 1 aromatic carbocycles. The molecule has 0 saturated carbocycles. The zero-order valence-corrected chi connectivity index (χ0v) is 12.7. The monoisotopic (exact) mass is 307 g/mol. The molecule has 6 nitrogen and oxygen atoms in total. The molecule has 0 aliphatic carbocycles. The molecule has 1 heterocycles. The van der Waals surface area contributed by atoms with E-state index in [4.69, 9.17) is 19.3 Å². The molecule has 0 atom stereocenters.